The number of aryl methyl sites for hydroxylation is 2. The topological polar surface area (TPSA) is 99.8 Å². The normalized spacial score (nSPS) is 10.4. The van der Waals surface area contributed by atoms with E-state index in [0.29, 0.717) is 17.4 Å². The quantitative estimate of drug-likeness (QED) is 0.704. The summed E-state index contributed by atoms with van der Waals surface area (Å²) in [6.07, 6.45) is 3.49. The Hall–Kier alpha value is -2.22. The van der Waals surface area contributed by atoms with Crippen LogP contribution in [0.3, 0.4) is 0 Å². The highest BCUT2D eigenvalue weighted by Gasteiger charge is 2.10. The molecule has 2 heterocycles. The highest BCUT2D eigenvalue weighted by Crippen LogP contribution is 2.15. The first-order valence-electron chi connectivity index (χ1n) is 6.56. The molecule has 0 fully saturated rings. The van der Waals surface area contributed by atoms with Crippen LogP contribution >= 0.6 is 11.3 Å². The number of carbonyl (C=O) groups is 2. The summed E-state index contributed by atoms with van der Waals surface area (Å²) in [5, 5.41) is 14.3. The Morgan fingerprint density at radius 3 is 2.90 bits per heavy atom. The van der Waals surface area contributed by atoms with E-state index in [-0.39, 0.29) is 11.8 Å². The first-order chi connectivity index (χ1) is 10.1. The average molecular weight is 307 g/mol. The van der Waals surface area contributed by atoms with E-state index in [0.717, 1.165) is 24.1 Å². The molecule has 0 aliphatic heterocycles. The van der Waals surface area contributed by atoms with Gasteiger partial charge in [-0.15, -0.1) is 11.3 Å². The van der Waals surface area contributed by atoms with Crippen LogP contribution in [0.15, 0.2) is 11.6 Å². The van der Waals surface area contributed by atoms with E-state index in [4.69, 9.17) is 0 Å². The van der Waals surface area contributed by atoms with Crippen molar-refractivity contribution in [2.75, 3.05) is 11.9 Å². The molecule has 2 aromatic rings. The fourth-order valence-corrected chi connectivity index (χ4v) is 2.52. The van der Waals surface area contributed by atoms with E-state index >= 15 is 0 Å². The minimum atomic E-state index is -0.230. The molecule has 3 N–H and O–H groups in total. The van der Waals surface area contributed by atoms with Crippen LogP contribution in [-0.4, -0.2) is 33.5 Å². The predicted octanol–water partition coefficient (Wildman–Crippen LogP) is 1.50. The van der Waals surface area contributed by atoms with Gasteiger partial charge in [-0.2, -0.15) is 5.10 Å². The first kappa shape index (κ1) is 15.2. The standard InChI is InChI=1S/C13H17N5O2S/c1-8-10(6-15-18-8)4-3-5-14-12(20)11-7-21-13(17-11)16-9(2)19/h6-7H,3-5H2,1-2H3,(H,14,20)(H,15,18)(H,16,17,19). The molecule has 0 saturated carbocycles. The van der Waals surface area contributed by atoms with Gasteiger partial charge in [0.15, 0.2) is 5.13 Å². The van der Waals surface area contributed by atoms with E-state index in [9.17, 15) is 9.59 Å². The Kier molecular flexibility index (Phi) is 5.04. The van der Waals surface area contributed by atoms with Crippen LogP contribution in [0.4, 0.5) is 5.13 Å². The average Bonchev–Trinajstić information content (AvgIpc) is 3.03. The number of amides is 2. The summed E-state index contributed by atoms with van der Waals surface area (Å²) < 4.78 is 0. The number of aromatic amines is 1. The van der Waals surface area contributed by atoms with Crippen molar-refractivity contribution >= 4 is 28.3 Å². The van der Waals surface area contributed by atoms with Crippen molar-refractivity contribution in [1.82, 2.24) is 20.5 Å². The summed E-state index contributed by atoms with van der Waals surface area (Å²) in [6, 6.07) is 0. The van der Waals surface area contributed by atoms with Gasteiger partial charge in [0, 0.05) is 24.5 Å². The number of hydrogen-bond acceptors (Lipinski definition) is 5. The number of nitrogens with one attached hydrogen (secondary N) is 3. The van der Waals surface area contributed by atoms with Crippen LogP contribution in [0.25, 0.3) is 0 Å². The number of carbonyl (C=O) groups excluding carboxylic acids is 2. The molecule has 0 saturated heterocycles. The minimum absolute atomic E-state index is 0.202. The molecule has 0 unspecified atom stereocenters. The van der Waals surface area contributed by atoms with Gasteiger partial charge in [0.05, 0.1) is 6.20 Å². The van der Waals surface area contributed by atoms with Crippen molar-refractivity contribution in [3.05, 3.63) is 28.5 Å². The maximum absolute atomic E-state index is 11.9. The lowest BCUT2D eigenvalue weighted by atomic mass is 10.1. The summed E-state index contributed by atoms with van der Waals surface area (Å²) in [5.41, 5.74) is 2.54. The van der Waals surface area contributed by atoms with Crippen LogP contribution in [0, 0.1) is 6.92 Å². The molecule has 0 aliphatic carbocycles. The SMILES string of the molecule is CC(=O)Nc1nc(C(=O)NCCCc2cn[nH]c2C)cs1. The molecule has 0 spiro atoms. The third-order valence-corrected chi connectivity index (χ3v) is 3.62. The molecule has 7 nitrogen and oxygen atoms in total. The zero-order valence-electron chi connectivity index (χ0n) is 11.9. The zero-order chi connectivity index (χ0) is 15.2. The van der Waals surface area contributed by atoms with Crippen molar-refractivity contribution in [3.63, 3.8) is 0 Å². The highest BCUT2D eigenvalue weighted by molar-refractivity contribution is 7.14. The molecule has 112 valence electrons. The number of aromatic nitrogens is 3. The third-order valence-electron chi connectivity index (χ3n) is 2.86. The number of rotatable bonds is 6. The first-order valence-corrected chi connectivity index (χ1v) is 7.44. The highest BCUT2D eigenvalue weighted by atomic mass is 32.1. The minimum Gasteiger partial charge on any atom is -0.351 e. The maximum atomic E-state index is 11.9. The van der Waals surface area contributed by atoms with Crippen LogP contribution in [0.1, 0.15) is 35.1 Å². The molecular formula is C13H17N5O2S. The Morgan fingerprint density at radius 1 is 1.43 bits per heavy atom. The molecular weight excluding hydrogens is 290 g/mol. The molecule has 0 bridgehead atoms. The van der Waals surface area contributed by atoms with Gasteiger partial charge in [0.2, 0.25) is 5.91 Å². The molecule has 21 heavy (non-hydrogen) atoms. The summed E-state index contributed by atoms with van der Waals surface area (Å²) >= 11 is 1.23. The van der Waals surface area contributed by atoms with Gasteiger partial charge in [-0.05, 0) is 25.3 Å². The summed E-state index contributed by atoms with van der Waals surface area (Å²) in [6.45, 7) is 3.94. The largest absolute Gasteiger partial charge is 0.351 e. The van der Waals surface area contributed by atoms with Crippen molar-refractivity contribution < 1.29 is 9.59 Å². The molecule has 0 aliphatic rings. The smallest absolute Gasteiger partial charge is 0.270 e. The van der Waals surface area contributed by atoms with E-state index in [1.807, 2.05) is 6.92 Å². The van der Waals surface area contributed by atoms with Crippen LogP contribution in [0.2, 0.25) is 0 Å². The molecule has 0 radical (unpaired) electrons. The van der Waals surface area contributed by atoms with E-state index < -0.39 is 0 Å². The second-order valence-corrected chi connectivity index (χ2v) is 5.46. The van der Waals surface area contributed by atoms with Crippen molar-refractivity contribution in [2.45, 2.75) is 26.7 Å². The van der Waals surface area contributed by atoms with Crippen LogP contribution < -0.4 is 10.6 Å². The van der Waals surface area contributed by atoms with Crippen LogP contribution in [0.5, 0.6) is 0 Å². The Bertz CT molecular complexity index is 634. The van der Waals surface area contributed by atoms with E-state index in [2.05, 4.69) is 25.8 Å². The molecule has 2 aromatic heterocycles. The Labute approximate surface area is 126 Å². The lowest BCUT2D eigenvalue weighted by Gasteiger charge is -2.03. The number of hydrogen-bond donors (Lipinski definition) is 3. The number of anilines is 1. The number of thiazole rings is 1. The molecule has 2 rings (SSSR count). The zero-order valence-corrected chi connectivity index (χ0v) is 12.7. The van der Waals surface area contributed by atoms with Gasteiger partial charge in [0.1, 0.15) is 5.69 Å². The van der Waals surface area contributed by atoms with Gasteiger partial charge < -0.3 is 10.6 Å². The Morgan fingerprint density at radius 2 is 2.24 bits per heavy atom. The van der Waals surface area contributed by atoms with Gasteiger partial charge in [-0.3, -0.25) is 14.7 Å². The maximum Gasteiger partial charge on any atom is 0.270 e. The van der Waals surface area contributed by atoms with Crippen molar-refractivity contribution in [3.8, 4) is 0 Å². The van der Waals surface area contributed by atoms with E-state index in [1.54, 1.807) is 11.6 Å². The lowest BCUT2D eigenvalue weighted by Crippen LogP contribution is -2.25. The molecule has 0 aromatic carbocycles. The summed E-state index contributed by atoms with van der Waals surface area (Å²) in [5.74, 6) is -0.432. The molecule has 2 amide bonds. The fourth-order valence-electron chi connectivity index (χ4n) is 1.79. The fraction of sp³-hybridized carbons (Fsp3) is 0.385. The van der Waals surface area contributed by atoms with Crippen molar-refractivity contribution in [2.24, 2.45) is 0 Å². The number of nitrogens with zero attached hydrogens (tertiary/aromatic N) is 2. The monoisotopic (exact) mass is 307 g/mol. The van der Waals surface area contributed by atoms with Crippen LogP contribution in [-0.2, 0) is 11.2 Å². The van der Waals surface area contributed by atoms with Gasteiger partial charge in [-0.1, -0.05) is 0 Å². The Balaban J connectivity index is 1.75. The van der Waals surface area contributed by atoms with Crippen molar-refractivity contribution in [1.29, 1.82) is 0 Å². The molecule has 8 heteroatoms. The third kappa shape index (κ3) is 4.38. The second-order valence-electron chi connectivity index (χ2n) is 4.60. The van der Waals surface area contributed by atoms with Gasteiger partial charge in [-0.25, -0.2) is 4.98 Å². The number of H-pyrrole nitrogens is 1. The van der Waals surface area contributed by atoms with Gasteiger partial charge in [0.25, 0.3) is 5.91 Å². The predicted molar refractivity (Wildman–Crippen MR) is 80.4 cm³/mol. The summed E-state index contributed by atoms with van der Waals surface area (Å²) in [7, 11) is 0. The summed E-state index contributed by atoms with van der Waals surface area (Å²) in [4.78, 5) is 26.8. The van der Waals surface area contributed by atoms with E-state index in [1.165, 1.54) is 18.3 Å². The molecule has 0 atom stereocenters. The second kappa shape index (κ2) is 6.98. The lowest BCUT2D eigenvalue weighted by molar-refractivity contribution is -0.114. The van der Waals surface area contributed by atoms with Gasteiger partial charge >= 0.3 is 0 Å².